The van der Waals surface area contributed by atoms with Crippen LogP contribution >= 0.6 is 0 Å². The standard InChI is InChI=1S/C12H17FN2O/c1-14-4-6-15(7-5-14)12-3-2-11(13)8-10(12)9-16/h2-3,8,16H,4-7,9H2,1H3. The molecule has 0 aliphatic carbocycles. The highest BCUT2D eigenvalue weighted by atomic mass is 19.1. The van der Waals surface area contributed by atoms with Gasteiger partial charge >= 0.3 is 0 Å². The summed E-state index contributed by atoms with van der Waals surface area (Å²) in [4.78, 5) is 4.46. The Morgan fingerprint density at radius 1 is 1.25 bits per heavy atom. The molecular weight excluding hydrogens is 207 g/mol. The third kappa shape index (κ3) is 2.33. The molecule has 1 heterocycles. The first-order chi connectivity index (χ1) is 7.70. The zero-order valence-corrected chi connectivity index (χ0v) is 9.49. The van der Waals surface area contributed by atoms with Gasteiger partial charge in [0, 0.05) is 37.4 Å². The SMILES string of the molecule is CN1CCN(c2ccc(F)cc2CO)CC1. The number of nitrogens with zero attached hydrogens (tertiary/aromatic N) is 2. The van der Waals surface area contributed by atoms with Crippen molar-refractivity contribution in [3.05, 3.63) is 29.6 Å². The van der Waals surface area contributed by atoms with Crippen molar-refractivity contribution in [3.8, 4) is 0 Å². The van der Waals surface area contributed by atoms with Crippen LogP contribution in [0.1, 0.15) is 5.56 Å². The fourth-order valence-electron chi connectivity index (χ4n) is 2.04. The summed E-state index contributed by atoms with van der Waals surface area (Å²) < 4.78 is 13.0. The highest BCUT2D eigenvalue weighted by molar-refractivity contribution is 5.54. The highest BCUT2D eigenvalue weighted by Gasteiger charge is 2.16. The summed E-state index contributed by atoms with van der Waals surface area (Å²) in [7, 11) is 2.09. The molecule has 0 unspecified atom stereocenters. The van der Waals surface area contributed by atoms with Crippen LogP contribution in [-0.2, 0) is 6.61 Å². The van der Waals surface area contributed by atoms with Crippen molar-refractivity contribution in [2.24, 2.45) is 0 Å². The third-order valence-electron chi connectivity index (χ3n) is 3.06. The number of aliphatic hydroxyl groups excluding tert-OH is 1. The van der Waals surface area contributed by atoms with E-state index in [1.54, 1.807) is 6.07 Å². The molecule has 1 aromatic carbocycles. The van der Waals surface area contributed by atoms with E-state index in [9.17, 15) is 9.50 Å². The molecule has 0 amide bonds. The highest BCUT2D eigenvalue weighted by Crippen LogP contribution is 2.22. The Kier molecular flexibility index (Phi) is 3.41. The minimum atomic E-state index is -0.290. The van der Waals surface area contributed by atoms with Crippen molar-refractivity contribution < 1.29 is 9.50 Å². The van der Waals surface area contributed by atoms with E-state index in [4.69, 9.17) is 0 Å². The number of hydrogen-bond donors (Lipinski definition) is 1. The molecular formula is C12H17FN2O. The molecule has 1 saturated heterocycles. The molecule has 0 saturated carbocycles. The minimum absolute atomic E-state index is 0.112. The van der Waals surface area contributed by atoms with Crippen LogP contribution < -0.4 is 4.90 Å². The van der Waals surface area contributed by atoms with Gasteiger partial charge in [0.05, 0.1) is 6.61 Å². The molecule has 1 aliphatic heterocycles. The van der Waals surface area contributed by atoms with Gasteiger partial charge in [-0.25, -0.2) is 4.39 Å². The Balaban J connectivity index is 2.19. The molecule has 1 aromatic rings. The zero-order valence-electron chi connectivity index (χ0n) is 9.49. The fourth-order valence-corrected chi connectivity index (χ4v) is 2.04. The van der Waals surface area contributed by atoms with Gasteiger partial charge in [0.1, 0.15) is 5.82 Å². The number of aliphatic hydroxyl groups is 1. The van der Waals surface area contributed by atoms with Crippen LogP contribution in [0.2, 0.25) is 0 Å². The summed E-state index contributed by atoms with van der Waals surface area (Å²) in [5.41, 5.74) is 1.63. The molecule has 4 heteroatoms. The van der Waals surface area contributed by atoms with E-state index in [0.29, 0.717) is 5.56 Å². The second kappa shape index (κ2) is 4.80. The van der Waals surface area contributed by atoms with Gasteiger partial charge in [0.2, 0.25) is 0 Å². The Labute approximate surface area is 95.1 Å². The molecule has 0 spiro atoms. The lowest BCUT2D eigenvalue weighted by molar-refractivity contribution is 0.279. The average molecular weight is 224 g/mol. The van der Waals surface area contributed by atoms with E-state index in [-0.39, 0.29) is 12.4 Å². The lowest BCUT2D eigenvalue weighted by atomic mass is 10.1. The predicted molar refractivity (Wildman–Crippen MR) is 62.0 cm³/mol. The summed E-state index contributed by atoms with van der Waals surface area (Å²) in [6, 6.07) is 4.62. The van der Waals surface area contributed by atoms with Crippen LogP contribution in [0.25, 0.3) is 0 Å². The smallest absolute Gasteiger partial charge is 0.123 e. The second-order valence-corrected chi connectivity index (χ2v) is 4.22. The van der Waals surface area contributed by atoms with Crippen LogP contribution in [0, 0.1) is 5.82 Å². The molecule has 0 aromatic heterocycles. The number of rotatable bonds is 2. The van der Waals surface area contributed by atoms with Crippen molar-refractivity contribution in [1.82, 2.24) is 4.90 Å². The number of piperazine rings is 1. The van der Waals surface area contributed by atoms with Crippen molar-refractivity contribution >= 4 is 5.69 Å². The summed E-state index contributed by atoms with van der Waals surface area (Å²) in [6.07, 6.45) is 0. The maximum absolute atomic E-state index is 13.0. The van der Waals surface area contributed by atoms with E-state index in [1.165, 1.54) is 12.1 Å². The molecule has 88 valence electrons. The van der Waals surface area contributed by atoms with Crippen LogP contribution in [-0.4, -0.2) is 43.2 Å². The minimum Gasteiger partial charge on any atom is -0.392 e. The van der Waals surface area contributed by atoms with Crippen molar-refractivity contribution in [3.63, 3.8) is 0 Å². The Hall–Kier alpha value is -1.13. The molecule has 1 aliphatic rings. The van der Waals surface area contributed by atoms with Crippen LogP contribution in [0.15, 0.2) is 18.2 Å². The number of halogens is 1. The van der Waals surface area contributed by atoms with Crippen LogP contribution in [0.4, 0.5) is 10.1 Å². The molecule has 16 heavy (non-hydrogen) atoms. The number of likely N-dealkylation sites (N-methyl/N-ethyl adjacent to an activating group) is 1. The molecule has 0 atom stereocenters. The zero-order chi connectivity index (χ0) is 11.5. The van der Waals surface area contributed by atoms with Gasteiger partial charge in [-0.1, -0.05) is 0 Å². The Morgan fingerprint density at radius 3 is 2.56 bits per heavy atom. The predicted octanol–water partition coefficient (Wildman–Crippen LogP) is 1.07. The van der Waals surface area contributed by atoms with Crippen molar-refractivity contribution in [1.29, 1.82) is 0 Å². The van der Waals surface area contributed by atoms with E-state index in [1.807, 2.05) is 0 Å². The number of hydrogen-bond acceptors (Lipinski definition) is 3. The van der Waals surface area contributed by atoms with Gasteiger partial charge in [0.25, 0.3) is 0 Å². The third-order valence-corrected chi connectivity index (χ3v) is 3.06. The maximum Gasteiger partial charge on any atom is 0.123 e. The van der Waals surface area contributed by atoms with Gasteiger partial charge < -0.3 is 14.9 Å². The monoisotopic (exact) mass is 224 g/mol. The van der Waals surface area contributed by atoms with Crippen LogP contribution in [0.3, 0.4) is 0 Å². The van der Waals surface area contributed by atoms with E-state index < -0.39 is 0 Å². The quantitative estimate of drug-likeness (QED) is 0.814. The van der Waals surface area contributed by atoms with Gasteiger partial charge in [-0.05, 0) is 25.2 Å². The van der Waals surface area contributed by atoms with E-state index >= 15 is 0 Å². The molecule has 3 nitrogen and oxygen atoms in total. The first-order valence-electron chi connectivity index (χ1n) is 5.53. The molecule has 1 fully saturated rings. The molecule has 0 bridgehead atoms. The van der Waals surface area contributed by atoms with E-state index in [2.05, 4.69) is 16.8 Å². The molecule has 0 radical (unpaired) electrons. The molecule has 2 rings (SSSR count). The normalized spacial score (nSPS) is 17.8. The van der Waals surface area contributed by atoms with Gasteiger partial charge in [-0.3, -0.25) is 0 Å². The summed E-state index contributed by atoms with van der Waals surface area (Å²) >= 11 is 0. The number of anilines is 1. The van der Waals surface area contributed by atoms with Gasteiger partial charge in [0.15, 0.2) is 0 Å². The van der Waals surface area contributed by atoms with Gasteiger partial charge in [-0.15, -0.1) is 0 Å². The lowest BCUT2D eigenvalue weighted by Crippen LogP contribution is -2.44. The second-order valence-electron chi connectivity index (χ2n) is 4.22. The van der Waals surface area contributed by atoms with Crippen molar-refractivity contribution in [2.75, 3.05) is 38.1 Å². The maximum atomic E-state index is 13.0. The lowest BCUT2D eigenvalue weighted by Gasteiger charge is -2.35. The van der Waals surface area contributed by atoms with E-state index in [0.717, 1.165) is 31.9 Å². The first kappa shape index (κ1) is 11.4. The van der Waals surface area contributed by atoms with Crippen LogP contribution in [0.5, 0.6) is 0 Å². The summed E-state index contributed by atoms with van der Waals surface area (Å²) in [5.74, 6) is -0.290. The average Bonchev–Trinajstić information content (AvgIpc) is 2.30. The molecule has 1 N–H and O–H groups in total. The summed E-state index contributed by atoms with van der Waals surface area (Å²) in [5, 5.41) is 9.22. The van der Waals surface area contributed by atoms with Gasteiger partial charge in [-0.2, -0.15) is 0 Å². The Bertz CT molecular complexity index is 362. The topological polar surface area (TPSA) is 26.7 Å². The fraction of sp³-hybridized carbons (Fsp3) is 0.500. The number of benzene rings is 1. The Morgan fingerprint density at radius 2 is 1.94 bits per heavy atom. The summed E-state index contributed by atoms with van der Waals surface area (Å²) in [6.45, 7) is 3.74. The largest absolute Gasteiger partial charge is 0.392 e. The first-order valence-corrected chi connectivity index (χ1v) is 5.53. The van der Waals surface area contributed by atoms with Crippen molar-refractivity contribution in [2.45, 2.75) is 6.61 Å².